The Morgan fingerprint density at radius 2 is 2.10 bits per heavy atom. The van der Waals surface area contributed by atoms with Gasteiger partial charge in [-0.25, -0.2) is 28.6 Å². The Kier molecular flexibility index (Phi) is 4.75. The van der Waals surface area contributed by atoms with Crippen molar-refractivity contribution in [3.8, 4) is 17.3 Å². The molecule has 0 unspecified atom stereocenters. The summed E-state index contributed by atoms with van der Waals surface area (Å²) in [7, 11) is -3.81. The van der Waals surface area contributed by atoms with Crippen molar-refractivity contribution in [1.29, 1.82) is 10.8 Å². The Hall–Kier alpha value is -3.43. The molecule has 5 rings (SSSR count). The molecule has 3 fully saturated rings. The average Bonchev–Trinajstić information content (AvgIpc) is 3.25. The van der Waals surface area contributed by atoms with Gasteiger partial charge < -0.3 is 11.6 Å². The number of fused-ring (bicyclic) bond motifs is 1. The van der Waals surface area contributed by atoms with Crippen molar-refractivity contribution in [2.45, 2.75) is 43.0 Å². The normalized spacial score (nSPS) is 25.0. The van der Waals surface area contributed by atoms with Gasteiger partial charge in [0.2, 0.25) is 15.9 Å². The second-order valence-corrected chi connectivity index (χ2v) is 9.84. The van der Waals surface area contributed by atoms with Crippen LogP contribution in [0.15, 0.2) is 39.5 Å². The predicted octanol–water partition coefficient (Wildman–Crippen LogP) is 1.80. The number of amidine groups is 1. The van der Waals surface area contributed by atoms with Gasteiger partial charge in [-0.3, -0.25) is 0 Å². The fourth-order valence-corrected chi connectivity index (χ4v) is 6.01. The molecule has 3 aliphatic rings. The Bertz CT molecular complexity index is 1260. The largest absolute Gasteiger partial charge is 0.382 e. The minimum absolute atomic E-state index is 0.00154. The molecule has 0 amide bonds. The Morgan fingerprint density at radius 1 is 1.35 bits per heavy atom. The van der Waals surface area contributed by atoms with Gasteiger partial charge in [0.15, 0.2) is 11.5 Å². The second-order valence-electron chi connectivity index (χ2n) is 8.16. The van der Waals surface area contributed by atoms with Crippen LogP contribution in [0.2, 0.25) is 0 Å². The fourth-order valence-electron chi connectivity index (χ4n) is 4.56. The summed E-state index contributed by atoms with van der Waals surface area (Å²) < 4.78 is 29.0. The molecule has 3 saturated carbocycles. The topological polar surface area (TPSA) is 196 Å². The molecule has 0 aliphatic heterocycles. The molecule has 12 heteroatoms. The van der Waals surface area contributed by atoms with E-state index in [1.807, 2.05) is 6.92 Å². The number of sulfonamides is 1. The molecule has 1 aromatic heterocycles. The van der Waals surface area contributed by atoms with E-state index in [2.05, 4.69) is 31.0 Å². The van der Waals surface area contributed by atoms with Crippen molar-refractivity contribution in [2.75, 3.05) is 5.73 Å². The number of nitrogens with zero attached hydrogens (tertiary/aromatic N) is 5. The molecule has 0 saturated heterocycles. The SMILES string of the molecule is Cc1ccc(S(=O)(=O)NC23CCC(C#N)(C2)C3)cc1-c1cnc(N)c(/C(N=N)=N/N)n1. The lowest BCUT2D eigenvalue weighted by Gasteiger charge is -2.43. The average molecular weight is 440 g/mol. The third-order valence-electron chi connectivity index (χ3n) is 6.06. The molecular formula is C19H21N9O2S. The van der Waals surface area contributed by atoms with E-state index in [-0.39, 0.29) is 27.7 Å². The number of rotatable bonds is 5. The molecule has 1 aromatic carbocycles. The van der Waals surface area contributed by atoms with Crippen LogP contribution < -0.4 is 16.3 Å². The quantitative estimate of drug-likeness (QED) is 0.179. The molecule has 6 N–H and O–H groups in total. The number of hydrazone groups is 1. The zero-order valence-corrected chi connectivity index (χ0v) is 17.6. The first-order valence-corrected chi connectivity index (χ1v) is 11.0. The number of nitrogens with one attached hydrogen (secondary N) is 2. The second kappa shape index (κ2) is 7.07. The van der Waals surface area contributed by atoms with Gasteiger partial charge in [0, 0.05) is 11.1 Å². The van der Waals surface area contributed by atoms with E-state index in [1.54, 1.807) is 6.07 Å². The van der Waals surface area contributed by atoms with Crippen molar-refractivity contribution in [3.05, 3.63) is 35.7 Å². The smallest absolute Gasteiger partial charge is 0.241 e. The van der Waals surface area contributed by atoms with Crippen LogP contribution in [-0.2, 0) is 10.0 Å². The molecule has 11 nitrogen and oxygen atoms in total. The monoisotopic (exact) mass is 439 g/mol. The minimum Gasteiger partial charge on any atom is -0.382 e. The van der Waals surface area contributed by atoms with E-state index in [9.17, 15) is 13.7 Å². The Morgan fingerprint density at radius 3 is 2.71 bits per heavy atom. The van der Waals surface area contributed by atoms with Gasteiger partial charge >= 0.3 is 0 Å². The number of nitrogen functional groups attached to an aromatic ring is 1. The highest BCUT2D eigenvalue weighted by molar-refractivity contribution is 7.89. The molecule has 2 aromatic rings. The predicted molar refractivity (Wildman–Crippen MR) is 112 cm³/mol. The Labute approximate surface area is 179 Å². The van der Waals surface area contributed by atoms with Gasteiger partial charge in [-0.15, -0.1) is 5.11 Å². The number of hydrogen-bond donors (Lipinski definition) is 4. The lowest BCUT2D eigenvalue weighted by atomic mass is 9.66. The van der Waals surface area contributed by atoms with Gasteiger partial charge in [-0.2, -0.15) is 10.4 Å². The summed E-state index contributed by atoms with van der Waals surface area (Å²) in [5.41, 5.74) is 13.7. The van der Waals surface area contributed by atoms with Crippen LogP contribution in [0.25, 0.3) is 11.3 Å². The number of hydrogen-bond acceptors (Lipinski definition) is 9. The molecule has 3 aliphatic carbocycles. The van der Waals surface area contributed by atoms with Crippen molar-refractivity contribution in [2.24, 2.45) is 21.5 Å². The van der Waals surface area contributed by atoms with Gasteiger partial charge in [-0.1, -0.05) is 6.07 Å². The van der Waals surface area contributed by atoms with E-state index >= 15 is 0 Å². The van der Waals surface area contributed by atoms with E-state index in [0.717, 1.165) is 5.56 Å². The first-order chi connectivity index (χ1) is 14.7. The Balaban J connectivity index is 1.69. The van der Waals surface area contributed by atoms with E-state index in [0.29, 0.717) is 36.9 Å². The number of nitriles is 1. The third-order valence-corrected chi connectivity index (χ3v) is 7.64. The summed E-state index contributed by atoms with van der Waals surface area (Å²) in [6.07, 6.45) is 3.86. The first kappa shape index (κ1) is 20.8. The van der Waals surface area contributed by atoms with Crippen LogP contribution >= 0.6 is 0 Å². The molecule has 0 atom stereocenters. The third kappa shape index (κ3) is 3.41. The molecule has 31 heavy (non-hydrogen) atoms. The van der Waals surface area contributed by atoms with Crippen LogP contribution in [0.3, 0.4) is 0 Å². The van der Waals surface area contributed by atoms with Crippen molar-refractivity contribution in [3.63, 3.8) is 0 Å². The van der Waals surface area contributed by atoms with Gasteiger partial charge in [0.05, 0.1) is 28.3 Å². The van der Waals surface area contributed by atoms with Crippen LogP contribution in [0.4, 0.5) is 5.82 Å². The van der Waals surface area contributed by atoms with E-state index < -0.39 is 15.6 Å². The highest BCUT2D eigenvalue weighted by Gasteiger charge is 2.62. The van der Waals surface area contributed by atoms with E-state index in [1.165, 1.54) is 18.3 Å². The highest BCUT2D eigenvalue weighted by Crippen LogP contribution is 2.61. The van der Waals surface area contributed by atoms with Crippen molar-refractivity contribution >= 4 is 21.7 Å². The summed E-state index contributed by atoms with van der Waals surface area (Å²) in [4.78, 5) is 8.50. The maximum atomic E-state index is 13.1. The zero-order valence-electron chi connectivity index (χ0n) is 16.8. The molecule has 0 spiro atoms. The van der Waals surface area contributed by atoms with Gasteiger partial charge in [0.25, 0.3) is 0 Å². The first-order valence-electron chi connectivity index (χ1n) is 9.51. The molecular weight excluding hydrogens is 418 g/mol. The van der Waals surface area contributed by atoms with Gasteiger partial charge in [0.1, 0.15) is 0 Å². The summed E-state index contributed by atoms with van der Waals surface area (Å²) in [6.45, 7) is 1.81. The molecule has 160 valence electrons. The van der Waals surface area contributed by atoms with Crippen molar-refractivity contribution in [1.82, 2.24) is 14.7 Å². The zero-order chi connectivity index (χ0) is 22.4. The number of aryl methyl sites for hydroxylation is 1. The van der Waals surface area contributed by atoms with Crippen molar-refractivity contribution < 1.29 is 8.42 Å². The fraction of sp³-hybridized carbons (Fsp3) is 0.368. The van der Waals surface area contributed by atoms with Crippen LogP contribution in [0.5, 0.6) is 0 Å². The number of anilines is 1. The van der Waals surface area contributed by atoms with Crippen LogP contribution in [-0.4, -0.2) is 29.8 Å². The molecule has 2 bridgehead atoms. The van der Waals surface area contributed by atoms with E-state index in [4.69, 9.17) is 17.1 Å². The summed E-state index contributed by atoms with van der Waals surface area (Å²) in [5, 5.41) is 15.9. The molecule has 1 heterocycles. The lowest BCUT2D eigenvalue weighted by Crippen LogP contribution is -2.55. The maximum absolute atomic E-state index is 13.1. The summed E-state index contributed by atoms with van der Waals surface area (Å²) in [6, 6.07) is 7.05. The molecule has 0 radical (unpaired) electrons. The minimum atomic E-state index is -3.81. The summed E-state index contributed by atoms with van der Waals surface area (Å²) >= 11 is 0. The highest BCUT2D eigenvalue weighted by atomic mass is 32.2. The standard InChI is InChI=1S/C19H21N9O2S/c1-11-2-3-12(31(29,30)28-19-5-4-18(8-19,9-19)10-20)6-13(11)14-7-24-16(21)15(25-14)17(26-22)27-23/h2-3,6-7,22,28H,4-5,8-9,23H2,1H3,(H2,21,24)/b26-22?,27-17-. The maximum Gasteiger partial charge on any atom is 0.241 e. The number of nitrogens with two attached hydrogens (primary N) is 2. The number of aromatic nitrogens is 2. The van der Waals surface area contributed by atoms with Crippen LogP contribution in [0.1, 0.15) is 36.9 Å². The lowest BCUT2D eigenvalue weighted by molar-refractivity contribution is 0.161. The van der Waals surface area contributed by atoms with Crippen LogP contribution in [0, 0.1) is 29.2 Å². The van der Waals surface area contributed by atoms with Gasteiger partial charge in [-0.05, 0) is 50.3 Å². The number of benzene rings is 1. The summed E-state index contributed by atoms with van der Waals surface area (Å²) in [5.74, 6) is 5.05.